The van der Waals surface area contributed by atoms with Crippen molar-refractivity contribution < 1.29 is 10.0 Å². The third-order valence-corrected chi connectivity index (χ3v) is 4.11. The first-order chi connectivity index (χ1) is 10.1. The molecular weight excluding hydrogens is 264 g/mol. The summed E-state index contributed by atoms with van der Waals surface area (Å²) in [5.41, 5.74) is 3.54. The van der Waals surface area contributed by atoms with Gasteiger partial charge in [-0.1, -0.05) is 12.1 Å². The van der Waals surface area contributed by atoms with Crippen LogP contribution in [0, 0.1) is 0 Å². The molecule has 2 heterocycles. The Hall–Kier alpha value is -1.56. The third kappa shape index (κ3) is 2.77. The van der Waals surface area contributed by atoms with Gasteiger partial charge in [0.05, 0.1) is 0 Å². The lowest BCUT2D eigenvalue weighted by Crippen LogP contribution is -2.40. The Morgan fingerprint density at radius 3 is 2.67 bits per heavy atom. The van der Waals surface area contributed by atoms with E-state index in [2.05, 4.69) is 23.2 Å². The zero-order valence-corrected chi connectivity index (χ0v) is 12.4. The van der Waals surface area contributed by atoms with Crippen LogP contribution in [0.4, 0.5) is 0 Å². The molecule has 0 spiro atoms. The molecular formula is C14H19B2N3O2. The zero-order valence-electron chi connectivity index (χ0n) is 12.4. The number of imidazole rings is 1. The molecule has 0 unspecified atom stereocenters. The summed E-state index contributed by atoms with van der Waals surface area (Å²) in [7, 11) is -1.03. The number of fused-ring (bicyclic) bond motifs is 1. The van der Waals surface area contributed by atoms with Crippen LogP contribution in [0.3, 0.4) is 0 Å². The highest BCUT2D eigenvalue weighted by Gasteiger charge is 2.23. The fraction of sp³-hybridized carbons (Fsp3) is 0.357. The normalized spacial score (nSPS) is 14.9. The number of hydrogen-bond acceptors (Lipinski definition) is 4. The fourth-order valence-electron chi connectivity index (χ4n) is 2.88. The van der Waals surface area contributed by atoms with Crippen LogP contribution in [-0.2, 0) is 13.0 Å². The molecule has 3 rings (SSSR count). The van der Waals surface area contributed by atoms with E-state index in [0.29, 0.717) is 0 Å². The van der Waals surface area contributed by atoms with Crippen molar-refractivity contribution in [2.45, 2.75) is 26.6 Å². The van der Waals surface area contributed by atoms with Crippen LogP contribution < -0.4 is 0 Å². The molecule has 108 valence electrons. The average molecular weight is 283 g/mol. The molecule has 21 heavy (non-hydrogen) atoms. The third-order valence-electron chi connectivity index (χ3n) is 4.11. The second-order valence-electron chi connectivity index (χ2n) is 5.63. The maximum Gasteiger partial charge on any atom is 0.415 e. The summed E-state index contributed by atoms with van der Waals surface area (Å²) in [5, 5.41) is 19.5. The molecule has 2 N–H and O–H groups in total. The van der Waals surface area contributed by atoms with Gasteiger partial charge in [0, 0.05) is 24.5 Å². The minimum atomic E-state index is -0.604. The number of benzene rings is 1. The van der Waals surface area contributed by atoms with Gasteiger partial charge in [-0.25, -0.2) is 4.98 Å². The van der Waals surface area contributed by atoms with E-state index in [-0.39, 0.29) is 0 Å². The number of aromatic nitrogens is 2. The van der Waals surface area contributed by atoms with Gasteiger partial charge < -0.3 is 19.3 Å². The molecule has 2 aromatic rings. The Labute approximate surface area is 125 Å². The van der Waals surface area contributed by atoms with Crippen LogP contribution in [0.2, 0.25) is 13.6 Å². The molecule has 0 saturated carbocycles. The van der Waals surface area contributed by atoms with Crippen LogP contribution in [-0.4, -0.2) is 45.0 Å². The summed E-state index contributed by atoms with van der Waals surface area (Å²) in [6, 6.07) is 6.30. The monoisotopic (exact) mass is 283 g/mol. The van der Waals surface area contributed by atoms with Gasteiger partial charge in [-0.15, -0.1) is 0 Å². The van der Waals surface area contributed by atoms with Crippen molar-refractivity contribution in [3.8, 4) is 11.4 Å². The summed E-state index contributed by atoms with van der Waals surface area (Å²) in [6.07, 6.45) is 4.43. The Morgan fingerprint density at radius 2 is 1.95 bits per heavy atom. The first kappa shape index (κ1) is 14.4. The minimum absolute atomic E-state index is 0.429. The lowest BCUT2D eigenvalue weighted by Gasteiger charge is -2.29. The Kier molecular flexibility index (Phi) is 3.89. The van der Waals surface area contributed by atoms with Crippen molar-refractivity contribution in [2.24, 2.45) is 0 Å². The quantitative estimate of drug-likeness (QED) is 0.824. The van der Waals surface area contributed by atoms with E-state index in [1.54, 1.807) is 30.5 Å². The van der Waals surface area contributed by atoms with Crippen LogP contribution in [0.15, 0.2) is 30.6 Å². The van der Waals surface area contributed by atoms with E-state index in [1.807, 2.05) is 4.81 Å². The van der Waals surface area contributed by atoms with Crippen molar-refractivity contribution in [1.29, 1.82) is 0 Å². The minimum Gasteiger partial charge on any atom is -0.437 e. The van der Waals surface area contributed by atoms with Crippen molar-refractivity contribution in [1.82, 2.24) is 14.3 Å². The standard InChI is InChI=1S/C14H19B2N3O2/c1-15(20)18-7-5-11-3-4-12(9-13(11)10-18)14-17-6-8-19(14)16(2)21/h3-4,6,8-9,20-21H,5,7,10H2,1-2H3. The van der Waals surface area contributed by atoms with Crippen LogP contribution >= 0.6 is 0 Å². The molecule has 0 radical (unpaired) electrons. The van der Waals surface area contributed by atoms with Crippen LogP contribution in [0.25, 0.3) is 11.4 Å². The van der Waals surface area contributed by atoms with Gasteiger partial charge in [-0.05, 0) is 43.8 Å². The zero-order chi connectivity index (χ0) is 15.0. The van der Waals surface area contributed by atoms with Gasteiger partial charge >= 0.3 is 14.1 Å². The predicted octanol–water partition coefficient (Wildman–Crippen LogP) is 0.977. The van der Waals surface area contributed by atoms with E-state index in [4.69, 9.17) is 0 Å². The Morgan fingerprint density at radius 1 is 1.14 bits per heavy atom. The van der Waals surface area contributed by atoms with Crippen molar-refractivity contribution in [2.75, 3.05) is 6.54 Å². The van der Waals surface area contributed by atoms with Gasteiger partial charge in [0.1, 0.15) is 5.82 Å². The summed E-state index contributed by atoms with van der Waals surface area (Å²) in [5.74, 6) is 0.766. The van der Waals surface area contributed by atoms with Gasteiger partial charge in [0.15, 0.2) is 0 Å². The van der Waals surface area contributed by atoms with Crippen LogP contribution in [0.5, 0.6) is 0 Å². The predicted molar refractivity (Wildman–Crippen MR) is 84.8 cm³/mol. The fourth-order valence-corrected chi connectivity index (χ4v) is 2.88. The topological polar surface area (TPSA) is 61.5 Å². The SMILES string of the molecule is CB(O)N1CCc2ccc(-c3nccn3B(C)O)cc2C1. The summed E-state index contributed by atoms with van der Waals surface area (Å²) < 4.78 is 1.75. The molecule has 1 aliphatic heterocycles. The molecule has 0 fully saturated rings. The van der Waals surface area contributed by atoms with E-state index < -0.39 is 14.1 Å². The van der Waals surface area contributed by atoms with E-state index in [0.717, 1.165) is 30.9 Å². The molecule has 0 amide bonds. The van der Waals surface area contributed by atoms with Gasteiger partial charge in [0.25, 0.3) is 0 Å². The molecule has 1 aliphatic rings. The molecule has 7 heteroatoms. The molecule has 5 nitrogen and oxygen atoms in total. The largest absolute Gasteiger partial charge is 0.437 e. The molecule has 1 aromatic heterocycles. The molecule has 0 saturated heterocycles. The number of hydrogen-bond donors (Lipinski definition) is 2. The summed E-state index contributed by atoms with van der Waals surface area (Å²) >= 11 is 0. The second-order valence-corrected chi connectivity index (χ2v) is 5.63. The average Bonchev–Trinajstić information content (AvgIpc) is 2.95. The molecule has 0 bridgehead atoms. The second kappa shape index (κ2) is 5.67. The highest BCUT2D eigenvalue weighted by atomic mass is 16.2. The Bertz CT molecular complexity index is 643. The Balaban J connectivity index is 1.96. The molecule has 1 aromatic carbocycles. The van der Waals surface area contributed by atoms with E-state index in [1.165, 1.54) is 11.1 Å². The number of nitrogens with zero attached hydrogens (tertiary/aromatic N) is 3. The lowest BCUT2D eigenvalue weighted by molar-refractivity contribution is 0.347. The summed E-state index contributed by atoms with van der Waals surface area (Å²) in [4.78, 5) is 6.40. The van der Waals surface area contributed by atoms with Gasteiger partial charge in [0.2, 0.25) is 0 Å². The molecule has 0 atom stereocenters. The number of rotatable bonds is 3. The summed E-state index contributed by atoms with van der Waals surface area (Å²) in [6.45, 7) is 5.15. The van der Waals surface area contributed by atoms with Gasteiger partial charge in [-0.2, -0.15) is 0 Å². The van der Waals surface area contributed by atoms with Gasteiger partial charge in [-0.3, -0.25) is 0 Å². The maximum atomic E-state index is 9.79. The maximum absolute atomic E-state index is 9.79. The highest BCUT2D eigenvalue weighted by Crippen LogP contribution is 2.26. The van der Waals surface area contributed by atoms with Crippen LogP contribution in [0.1, 0.15) is 11.1 Å². The van der Waals surface area contributed by atoms with Crippen molar-refractivity contribution in [3.63, 3.8) is 0 Å². The van der Waals surface area contributed by atoms with E-state index >= 15 is 0 Å². The lowest BCUT2D eigenvalue weighted by atomic mass is 9.81. The smallest absolute Gasteiger partial charge is 0.415 e. The van der Waals surface area contributed by atoms with E-state index in [9.17, 15) is 10.0 Å². The molecule has 0 aliphatic carbocycles. The first-order valence-electron chi connectivity index (χ1n) is 7.31. The highest BCUT2D eigenvalue weighted by molar-refractivity contribution is 6.47. The van der Waals surface area contributed by atoms with Crippen molar-refractivity contribution in [3.05, 3.63) is 41.7 Å². The first-order valence-corrected chi connectivity index (χ1v) is 7.31. The van der Waals surface area contributed by atoms with Crippen molar-refractivity contribution >= 4 is 14.1 Å².